The molecule has 7 nitrogen and oxygen atoms in total. The van der Waals surface area contributed by atoms with Crippen LogP contribution in [0.15, 0.2) is 71.7 Å². The van der Waals surface area contributed by atoms with Crippen molar-refractivity contribution < 1.29 is 19.4 Å². The highest BCUT2D eigenvalue weighted by atomic mass is 16.5. The normalized spacial score (nSPS) is 13.2. The number of carboxylic acids is 1. The predicted octanol–water partition coefficient (Wildman–Crippen LogP) is 2.91. The molecule has 1 heterocycles. The van der Waals surface area contributed by atoms with Crippen molar-refractivity contribution in [1.29, 1.82) is 0 Å². The van der Waals surface area contributed by atoms with Crippen LogP contribution in [0.5, 0.6) is 0 Å². The molecule has 1 aliphatic rings. The van der Waals surface area contributed by atoms with E-state index in [0.717, 1.165) is 22.3 Å². The number of ether oxygens (including phenoxy) is 1. The van der Waals surface area contributed by atoms with Crippen LogP contribution in [0.4, 0.5) is 4.79 Å². The molecule has 0 aliphatic heterocycles. The Labute approximate surface area is 172 Å². The number of carbonyl (C=O) groups excluding carboxylic acids is 1. The van der Waals surface area contributed by atoms with E-state index in [1.54, 1.807) is 6.07 Å². The molecule has 1 unspecified atom stereocenters. The van der Waals surface area contributed by atoms with Crippen LogP contribution in [-0.4, -0.2) is 34.8 Å². The second-order valence-electron chi connectivity index (χ2n) is 7.13. The summed E-state index contributed by atoms with van der Waals surface area (Å²) >= 11 is 0. The Morgan fingerprint density at radius 2 is 1.67 bits per heavy atom. The third-order valence-corrected chi connectivity index (χ3v) is 5.21. The molecule has 0 saturated carbocycles. The number of H-pyrrole nitrogens is 1. The number of aromatic nitrogens is 1. The fourth-order valence-corrected chi connectivity index (χ4v) is 3.83. The first kappa shape index (κ1) is 19.4. The second kappa shape index (κ2) is 8.24. The molecule has 7 heteroatoms. The Balaban J connectivity index is 1.44. The number of carbonyl (C=O) groups is 2. The Kier molecular flexibility index (Phi) is 5.34. The zero-order chi connectivity index (χ0) is 21.1. The van der Waals surface area contributed by atoms with Crippen LogP contribution in [-0.2, 0) is 16.0 Å². The molecule has 2 aromatic carbocycles. The van der Waals surface area contributed by atoms with Crippen LogP contribution >= 0.6 is 0 Å². The maximum Gasteiger partial charge on any atom is 0.407 e. The van der Waals surface area contributed by atoms with E-state index in [4.69, 9.17) is 4.74 Å². The highest BCUT2D eigenvalue weighted by Crippen LogP contribution is 2.44. The molecule has 30 heavy (non-hydrogen) atoms. The van der Waals surface area contributed by atoms with Crippen molar-refractivity contribution in [1.82, 2.24) is 10.3 Å². The van der Waals surface area contributed by atoms with E-state index in [0.29, 0.717) is 5.56 Å². The standard InChI is InChI=1S/C23H20N2O5/c26-21-12-14(9-10-24-21)11-20(22(27)28)25-23(29)30-13-19-17-7-3-1-5-15(17)16-6-2-4-8-18(16)19/h1-10,12,19-20H,11,13H2,(H,24,26)(H,25,29)(H,27,28). The fourth-order valence-electron chi connectivity index (χ4n) is 3.83. The van der Waals surface area contributed by atoms with Crippen LogP contribution < -0.4 is 10.9 Å². The van der Waals surface area contributed by atoms with Gasteiger partial charge in [0.2, 0.25) is 5.56 Å². The van der Waals surface area contributed by atoms with E-state index in [1.807, 2.05) is 48.5 Å². The summed E-state index contributed by atoms with van der Waals surface area (Å²) < 4.78 is 5.40. The number of aromatic amines is 1. The lowest BCUT2D eigenvalue weighted by Gasteiger charge is -2.17. The van der Waals surface area contributed by atoms with Gasteiger partial charge in [0.25, 0.3) is 0 Å². The van der Waals surface area contributed by atoms with Crippen molar-refractivity contribution in [2.24, 2.45) is 0 Å². The molecule has 1 aromatic heterocycles. The van der Waals surface area contributed by atoms with Gasteiger partial charge in [0.05, 0.1) is 0 Å². The number of rotatable bonds is 6. The Hall–Kier alpha value is -3.87. The molecule has 1 amide bonds. The van der Waals surface area contributed by atoms with Crippen molar-refractivity contribution in [2.45, 2.75) is 18.4 Å². The Morgan fingerprint density at radius 1 is 1.03 bits per heavy atom. The Bertz CT molecular complexity index is 1110. The number of hydrogen-bond donors (Lipinski definition) is 3. The molecule has 0 spiro atoms. The monoisotopic (exact) mass is 404 g/mol. The van der Waals surface area contributed by atoms with Gasteiger partial charge in [-0.05, 0) is 33.9 Å². The second-order valence-corrected chi connectivity index (χ2v) is 7.13. The van der Waals surface area contributed by atoms with Crippen molar-refractivity contribution in [3.8, 4) is 11.1 Å². The van der Waals surface area contributed by atoms with Crippen LogP contribution in [0.3, 0.4) is 0 Å². The quantitative estimate of drug-likeness (QED) is 0.585. The van der Waals surface area contributed by atoms with Gasteiger partial charge in [-0.3, -0.25) is 4.79 Å². The van der Waals surface area contributed by atoms with Gasteiger partial charge in [0.15, 0.2) is 0 Å². The summed E-state index contributed by atoms with van der Waals surface area (Å²) in [5.41, 5.74) is 4.54. The molecular formula is C23H20N2O5. The van der Waals surface area contributed by atoms with E-state index in [9.17, 15) is 19.5 Å². The first-order valence-corrected chi connectivity index (χ1v) is 9.55. The van der Waals surface area contributed by atoms with Gasteiger partial charge in [-0.25, -0.2) is 9.59 Å². The number of carboxylic acid groups (broad SMARTS) is 1. The number of fused-ring (bicyclic) bond motifs is 3. The molecule has 0 saturated heterocycles. The van der Waals surface area contributed by atoms with E-state index in [-0.39, 0.29) is 24.5 Å². The minimum Gasteiger partial charge on any atom is -0.480 e. The topological polar surface area (TPSA) is 108 Å². The maximum absolute atomic E-state index is 12.3. The summed E-state index contributed by atoms with van der Waals surface area (Å²) in [6, 6.07) is 17.6. The molecule has 3 aromatic rings. The van der Waals surface area contributed by atoms with E-state index in [1.165, 1.54) is 12.3 Å². The minimum atomic E-state index is -1.21. The van der Waals surface area contributed by atoms with E-state index in [2.05, 4.69) is 10.3 Å². The minimum absolute atomic E-state index is 0.0244. The average molecular weight is 404 g/mol. The number of nitrogens with one attached hydrogen (secondary N) is 2. The number of amides is 1. The van der Waals surface area contributed by atoms with Crippen LogP contribution in [0.2, 0.25) is 0 Å². The highest BCUT2D eigenvalue weighted by Gasteiger charge is 2.29. The molecule has 1 aliphatic carbocycles. The van der Waals surface area contributed by atoms with Gasteiger partial charge < -0.3 is 20.1 Å². The molecule has 4 rings (SSSR count). The summed E-state index contributed by atoms with van der Waals surface area (Å²) in [6.07, 6.45) is 0.599. The lowest BCUT2D eigenvalue weighted by Crippen LogP contribution is -2.43. The number of benzene rings is 2. The predicted molar refractivity (Wildman–Crippen MR) is 110 cm³/mol. The van der Waals surface area contributed by atoms with E-state index >= 15 is 0 Å². The fraction of sp³-hybridized carbons (Fsp3) is 0.174. The van der Waals surface area contributed by atoms with Crippen molar-refractivity contribution in [3.63, 3.8) is 0 Å². The molecule has 3 N–H and O–H groups in total. The molecule has 0 radical (unpaired) electrons. The molecule has 0 bridgehead atoms. The first-order chi connectivity index (χ1) is 14.5. The van der Waals surface area contributed by atoms with E-state index < -0.39 is 18.1 Å². The summed E-state index contributed by atoms with van der Waals surface area (Å²) in [4.78, 5) is 37.8. The number of pyridine rings is 1. The summed E-state index contributed by atoms with van der Waals surface area (Å²) in [5.74, 6) is -1.32. The zero-order valence-electron chi connectivity index (χ0n) is 16.0. The number of alkyl carbamates (subject to hydrolysis) is 1. The van der Waals surface area contributed by atoms with Gasteiger partial charge >= 0.3 is 12.1 Å². The largest absolute Gasteiger partial charge is 0.480 e. The number of hydrogen-bond acceptors (Lipinski definition) is 4. The van der Waals surface area contributed by atoms with Gasteiger partial charge in [0, 0.05) is 24.6 Å². The lowest BCUT2D eigenvalue weighted by atomic mass is 9.98. The number of aliphatic carboxylic acids is 1. The molecule has 1 atom stereocenters. The summed E-state index contributed by atoms with van der Waals surface area (Å²) in [6.45, 7) is 0.0944. The smallest absolute Gasteiger partial charge is 0.407 e. The van der Waals surface area contributed by atoms with Gasteiger partial charge in [-0.1, -0.05) is 48.5 Å². The highest BCUT2D eigenvalue weighted by molar-refractivity contribution is 5.81. The third-order valence-electron chi connectivity index (χ3n) is 5.21. The van der Waals surface area contributed by atoms with Crippen LogP contribution in [0, 0.1) is 0 Å². The maximum atomic E-state index is 12.3. The van der Waals surface area contributed by atoms with Crippen molar-refractivity contribution in [3.05, 3.63) is 93.9 Å². The third kappa shape index (κ3) is 3.96. The van der Waals surface area contributed by atoms with Crippen LogP contribution in [0.25, 0.3) is 11.1 Å². The zero-order valence-corrected chi connectivity index (χ0v) is 16.0. The lowest BCUT2D eigenvalue weighted by molar-refractivity contribution is -0.139. The Morgan fingerprint density at radius 3 is 2.27 bits per heavy atom. The summed E-state index contributed by atoms with van der Waals surface area (Å²) in [7, 11) is 0. The first-order valence-electron chi connectivity index (χ1n) is 9.55. The summed E-state index contributed by atoms with van der Waals surface area (Å²) in [5, 5.41) is 11.8. The van der Waals surface area contributed by atoms with Gasteiger partial charge in [0.1, 0.15) is 12.6 Å². The SMILES string of the molecule is O=C(NC(Cc1cc[nH]c(=O)c1)C(=O)O)OCC1c2ccccc2-c2ccccc21. The molecule has 152 valence electrons. The van der Waals surface area contributed by atoms with Gasteiger partial charge in [-0.2, -0.15) is 0 Å². The van der Waals surface area contributed by atoms with Crippen LogP contribution in [0.1, 0.15) is 22.6 Å². The molecule has 0 fully saturated rings. The molecular weight excluding hydrogens is 384 g/mol. The average Bonchev–Trinajstić information content (AvgIpc) is 3.06. The van der Waals surface area contributed by atoms with Gasteiger partial charge in [-0.15, -0.1) is 0 Å². The van der Waals surface area contributed by atoms with Crippen molar-refractivity contribution >= 4 is 12.1 Å². The van der Waals surface area contributed by atoms with Crippen molar-refractivity contribution in [2.75, 3.05) is 6.61 Å².